The second kappa shape index (κ2) is 7.86. The number of nitrogens with zero attached hydrogens (tertiary/aromatic N) is 4. The molecule has 1 fully saturated rings. The highest BCUT2D eigenvalue weighted by Crippen LogP contribution is 2.32. The maximum absolute atomic E-state index is 13.1. The molecule has 1 aliphatic heterocycles. The van der Waals surface area contributed by atoms with Crippen LogP contribution in [0.15, 0.2) is 35.1 Å². The first-order valence-corrected chi connectivity index (χ1v) is 10.0. The smallest absolute Gasteiger partial charge is 0.295 e. The van der Waals surface area contributed by atoms with Gasteiger partial charge in [-0.2, -0.15) is 0 Å². The summed E-state index contributed by atoms with van der Waals surface area (Å²) in [6.07, 6.45) is -1.40. The minimum absolute atomic E-state index is 0.0484. The van der Waals surface area contributed by atoms with Crippen molar-refractivity contribution in [2.24, 2.45) is 7.05 Å². The first-order valence-electron chi connectivity index (χ1n) is 9.19. The molecular formula is C19H19F2N5O2S. The van der Waals surface area contributed by atoms with Gasteiger partial charge in [0.05, 0.1) is 0 Å². The number of fused-ring (bicyclic) bond motifs is 1. The highest BCUT2D eigenvalue weighted by atomic mass is 32.1. The molecular weight excluding hydrogens is 400 g/mol. The summed E-state index contributed by atoms with van der Waals surface area (Å²) in [5.74, 6) is -0.712. The lowest BCUT2D eigenvalue weighted by atomic mass is 10.2. The van der Waals surface area contributed by atoms with E-state index in [0.29, 0.717) is 24.6 Å². The summed E-state index contributed by atoms with van der Waals surface area (Å²) in [6.45, 7) is 1.02. The quantitative estimate of drug-likeness (QED) is 0.688. The number of thiazole rings is 1. The predicted octanol–water partition coefficient (Wildman–Crippen LogP) is 2.61. The minimum Gasteiger partial charge on any atom is -0.350 e. The molecule has 0 radical (unpaired) electrons. The third-order valence-corrected chi connectivity index (χ3v) is 5.96. The summed E-state index contributed by atoms with van der Waals surface area (Å²) in [5, 5.41) is 3.39. The average Bonchev–Trinajstić information content (AvgIpc) is 3.36. The summed E-state index contributed by atoms with van der Waals surface area (Å²) < 4.78 is 27.1. The van der Waals surface area contributed by atoms with Gasteiger partial charge < -0.3 is 10.2 Å². The molecule has 1 unspecified atom stereocenters. The van der Waals surface area contributed by atoms with Crippen LogP contribution in [0.3, 0.4) is 0 Å². The van der Waals surface area contributed by atoms with Crippen molar-refractivity contribution in [2.75, 3.05) is 11.4 Å². The fourth-order valence-electron chi connectivity index (χ4n) is 3.45. The number of aromatic nitrogens is 3. The van der Waals surface area contributed by atoms with Crippen LogP contribution in [0, 0.1) is 0 Å². The zero-order valence-corrected chi connectivity index (χ0v) is 16.5. The van der Waals surface area contributed by atoms with Crippen molar-refractivity contribution in [1.82, 2.24) is 19.9 Å². The summed E-state index contributed by atoms with van der Waals surface area (Å²) in [6, 6.07) is 9.18. The Balaban J connectivity index is 1.58. The van der Waals surface area contributed by atoms with Crippen molar-refractivity contribution in [3.63, 3.8) is 0 Å². The van der Waals surface area contributed by atoms with Gasteiger partial charge in [-0.3, -0.25) is 14.2 Å². The van der Waals surface area contributed by atoms with Gasteiger partial charge in [-0.05, 0) is 18.4 Å². The van der Waals surface area contributed by atoms with E-state index in [4.69, 9.17) is 0 Å². The molecule has 4 rings (SSSR count). The van der Waals surface area contributed by atoms with E-state index in [2.05, 4.69) is 15.3 Å². The largest absolute Gasteiger partial charge is 0.350 e. The predicted molar refractivity (Wildman–Crippen MR) is 106 cm³/mol. The van der Waals surface area contributed by atoms with E-state index >= 15 is 0 Å². The van der Waals surface area contributed by atoms with E-state index < -0.39 is 23.9 Å². The van der Waals surface area contributed by atoms with Gasteiger partial charge in [0.1, 0.15) is 6.04 Å². The van der Waals surface area contributed by atoms with Gasteiger partial charge in [-0.25, -0.2) is 18.7 Å². The van der Waals surface area contributed by atoms with E-state index in [-0.39, 0.29) is 16.3 Å². The number of hydrogen-bond donors (Lipinski definition) is 1. The van der Waals surface area contributed by atoms with E-state index in [9.17, 15) is 18.4 Å². The van der Waals surface area contributed by atoms with Crippen molar-refractivity contribution in [3.05, 3.63) is 52.1 Å². The molecule has 1 atom stereocenters. The van der Waals surface area contributed by atoms with Crippen LogP contribution in [-0.2, 0) is 18.4 Å². The lowest BCUT2D eigenvalue weighted by molar-refractivity contribution is -0.122. The first-order chi connectivity index (χ1) is 14.0. The number of amides is 1. The molecule has 1 N–H and O–H groups in total. The first kappa shape index (κ1) is 19.4. The monoisotopic (exact) mass is 419 g/mol. The van der Waals surface area contributed by atoms with Crippen LogP contribution >= 0.6 is 11.3 Å². The molecule has 3 aromatic rings. The number of carbonyl (C=O) groups excluding carboxylic acids is 1. The van der Waals surface area contributed by atoms with Crippen LogP contribution in [-0.4, -0.2) is 33.0 Å². The van der Waals surface area contributed by atoms with Crippen molar-refractivity contribution in [3.8, 4) is 0 Å². The van der Waals surface area contributed by atoms with E-state index in [1.807, 2.05) is 35.2 Å². The number of benzene rings is 1. The normalized spacial score (nSPS) is 16.7. The fraction of sp³-hybridized carbons (Fsp3) is 0.368. The molecule has 7 nitrogen and oxygen atoms in total. The second-order valence-corrected chi connectivity index (χ2v) is 7.80. The Labute approximate surface area is 169 Å². The Morgan fingerprint density at radius 2 is 2.07 bits per heavy atom. The van der Waals surface area contributed by atoms with Crippen LogP contribution in [0.5, 0.6) is 0 Å². The lowest BCUT2D eigenvalue weighted by Crippen LogP contribution is -2.43. The zero-order valence-electron chi connectivity index (χ0n) is 15.6. The molecule has 0 spiro atoms. The van der Waals surface area contributed by atoms with E-state index in [1.54, 1.807) is 0 Å². The summed E-state index contributed by atoms with van der Waals surface area (Å²) in [4.78, 5) is 35.4. The Bertz CT molecular complexity index is 1100. The maximum atomic E-state index is 13.1. The molecule has 29 heavy (non-hydrogen) atoms. The van der Waals surface area contributed by atoms with Crippen LogP contribution in [0.1, 0.15) is 30.7 Å². The van der Waals surface area contributed by atoms with E-state index in [0.717, 1.165) is 27.9 Å². The third-order valence-electron chi connectivity index (χ3n) is 4.97. The van der Waals surface area contributed by atoms with Crippen molar-refractivity contribution in [2.45, 2.75) is 31.9 Å². The van der Waals surface area contributed by atoms with Gasteiger partial charge >= 0.3 is 0 Å². The summed E-state index contributed by atoms with van der Waals surface area (Å²) >= 11 is 1.06. The molecule has 152 valence electrons. The van der Waals surface area contributed by atoms with Crippen LogP contribution < -0.4 is 15.8 Å². The zero-order chi connectivity index (χ0) is 20.5. The van der Waals surface area contributed by atoms with Gasteiger partial charge in [-0.1, -0.05) is 41.7 Å². The molecule has 1 aliphatic rings. The molecule has 3 heterocycles. The van der Waals surface area contributed by atoms with Crippen molar-refractivity contribution in [1.29, 1.82) is 0 Å². The molecule has 1 aromatic carbocycles. The van der Waals surface area contributed by atoms with Gasteiger partial charge in [0.25, 0.3) is 12.0 Å². The van der Waals surface area contributed by atoms with Crippen LogP contribution in [0.2, 0.25) is 0 Å². The summed E-state index contributed by atoms with van der Waals surface area (Å²) in [5.41, 5.74) is 0.432. The Hall–Kier alpha value is -2.88. The highest BCUT2D eigenvalue weighted by Gasteiger charge is 2.33. The van der Waals surface area contributed by atoms with Gasteiger partial charge in [0.15, 0.2) is 21.3 Å². The number of rotatable bonds is 5. The topological polar surface area (TPSA) is 80.1 Å². The average molecular weight is 419 g/mol. The number of alkyl halides is 2. The SMILES string of the molecule is Cn1c(C(F)F)nc2sc(N3CCCC3C(=O)NCc3ccccc3)nc2c1=O. The Morgan fingerprint density at radius 1 is 1.31 bits per heavy atom. The van der Waals surface area contributed by atoms with Gasteiger partial charge in [0, 0.05) is 20.1 Å². The van der Waals surface area contributed by atoms with Gasteiger partial charge in [0.2, 0.25) is 5.91 Å². The molecule has 10 heteroatoms. The lowest BCUT2D eigenvalue weighted by Gasteiger charge is -2.23. The standard InChI is InChI=1S/C19H19F2N5O2S/c1-25-15(14(20)21)24-17-13(18(25)28)23-19(29-17)26-9-5-8-12(26)16(27)22-10-11-6-3-2-4-7-11/h2-4,6-7,12,14H,5,8-10H2,1H3,(H,22,27). The fourth-order valence-corrected chi connectivity index (χ4v) is 4.46. The second-order valence-electron chi connectivity index (χ2n) is 6.84. The molecule has 1 amide bonds. The molecule has 2 aromatic heterocycles. The minimum atomic E-state index is -2.86. The van der Waals surface area contributed by atoms with Crippen LogP contribution in [0.25, 0.3) is 10.3 Å². The molecule has 0 saturated carbocycles. The number of hydrogen-bond acceptors (Lipinski definition) is 6. The Morgan fingerprint density at radius 3 is 2.79 bits per heavy atom. The third kappa shape index (κ3) is 3.71. The number of halogens is 2. The van der Waals surface area contributed by atoms with E-state index in [1.165, 1.54) is 7.05 Å². The molecule has 0 aliphatic carbocycles. The molecule has 1 saturated heterocycles. The maximum Gasteiger partial charge on any atom is 0.295 e. The number of anilines is 1. The van der Waals surface area contributed by atoms with Crippen molar-refractivity contribution >= 4 is 32.7 Å². The molecule has 0 bridgehead atoms. The highest BCUT2D eigenvalue weighted by molar-refractivity contribution is 7.21. The van der Waals surface area contributed by atoms with Gasteiger partial charge in [-0.15, -0.1) is 0 Å². The number of carbonyl (C=O) groups is 1. The number of nitrogens with one attached hydrogen (secondary N) is 1. The Kier molecular flexibility index (Phi) is 5.27. The van der Waals surface area contributed by atoms with Crippen LogP contribution in [0.4, 0.5) is 13.9 Å². The van der Waals surface area contributed by atoms with Crippen molar-refractivity contribution < 1.29 is 13.6 Å². The summed E-state index contributed by atoms with van der Waals surface area (Å²) in [7, 11) is 1.25.